The molecule has 146 valence electrons. The Hall–Kier alpha value is -1.58. The molecule has 1 aliphatic rings. The minimum atomic E-state index is -4.11. The summed E-state index contributed by atoms with van der Waals surface area (Å²) < 4.78 is 53.8. The second-order valence-corrected chi connectivity index (χ2v) is 9.46. The fraction of sp³-hybridized carbons (Fsp3) is 0.588. The Labute approximate surface area is 153 Å². The van der Waals surface area contributed by atoms with Crippen molar-refractivity contribution in [2.75, 3.05) is 32.7 Å². The quantitative estimate of drug-likeness (QED) is 0.770. The molecule has 0 aliphatic carbocycles. The molecular weight excluding hydrogens is 364 g/mol. The lowest BCUT2D eigenvalue weighted by atomic mass is 10.1. The molecule has 2 rings (SSSR count). The van der Waals surface area contributed by atoms with Crippen LogP contribution in [0.2, 0.25) is 0 Å². The van der Waals surface area contributed by atoms with E-state index in [9.17, 15) is 22.0 Å². The van der Waals surface area contributed by atoms with Gasteiger partial charge in [0.1, 0.15) is 16.5 Å². The van der Waals surface area contributed by atoms with Crippen molar-refractivity contribution < 1.29 is 26.9 Å². The van der Waals surface area contributed by atoms with Gasteiger partial charge in [-0.25, -0.2) is 17.2 Å². The van der Waals surface area contributed by atoms with Crippen LogP contribution in [0.4, 0.5) is 8.78 Å². The Kier molecular flexibility index (Phi) is 6.36. The molecular formula is C17H26F2N3O3S+. The molecule has 0 saturated carbocycles. The molecule has 1 unspecified atom stereocenters. The molecule has 1 saturated heterocycles. The maximum atomic E-state index is 13.9. The normalized spacial score (nSPS) is 19.8. The number of quaternary nitrogens is 1. The van der Waals surface area contributed by atoms with E-state index in [-0.39, 0.29) is 31.1 Å². The summed E-state index contributed by atoms with van der Waals surface area (Å²) >= 11 is 0. The second kappa shape index (κ2) is 7.98. The molecule has 0 aromatic heterocycles. The van der Waals surface area contributed by atoms with E-state index < -0.39 is 26.6 Å². The smallest absolute Gasteiger partial charge is 0.275 e. The summed E-state index contributed by atoms with van der Waals surface area (Å²) in [4.78, 5) is 12.4. The topological polar surface area (TPSA) is 70.9 Å². The Morgan fingerprint density at radius 3 is 2.58 bits per heavy atom. The first-order valence-corrected chi connectivity index (χ1v) is 10.0. The van der Waals surface area contributed by atoms with Crippen molar-refractivity contribution in [3.8, 4) is 0 Å². The van der Waals surface area contributed by atoms with Gasteiger partial charge in [0.2, 0.25) is 10.0 Å². The van der Waals surface area contributed by atoms with Gasteiger partial charge in [-0.2, -0.15) is 4.31 Å². The number of hydrogen-bond donors (Lipinski definition) is 2. The molecule has 1 aromatic carbocycles. The maximum Gasteiger partial charge on any atom is 0.275 e. The number of carbonyl (C=O) groups is 1. The zero-order chi connectivity index (χ0) is 19.5. The van der Waals surface area contributed by atoms with E-state index >= 15 is 0 Å². The fourth-order valence-corrected chi connectivity index (χ4v) is 4.50. The average molecular weight is 390 g/mol. The monoisotopic (exact) mass is 390 g/mol. The first-order chi connectivity index (χ1) is 12.0. The zero-order valence-corrected chi connectivity index (χ0v) is 16.1. The number of nitrogens with one attached hydrogen (secondary N) is 2. The Balaban J connectivity index is 2.06. The predicted octanol–water partition coefficient (Wildman–Crippen LogP) is 0.159. The highest BCUT2D eigenvalue weighted by molar-refractivity contribution is 7.89. The standard InChI is InChI=1S/C17H25F2N3O3S/c1-17(2,3)20-16(23)12-21-7-4-8-22(10-9-21)26(24,25)15-11-13(18)5-6-14(15)19/h5-6,11H,4,7-10,12H2,1-3H3,(H,20,23)/p+1. The summed E-state index contributed by atoms with van der Waals surface area (Å²) in [5, 5.41) is 2.88. The summed E-state index contributed by atoms with van der Waals surface area (Å²) in [6.45, 7) is 7.35. The molecule has 2 N–H and O–H groups in total. The highest BCUT2D eigenvalue weighted by Crippen LogP contribution is 2.20. The SMILES string of the molecule is CC(C)(C)NC(=O)C[NH+]1CCCN(S(=O)(=O)c2cc(F)ccc2F)CC1. The molecule has 26 heavy (non-hydrogen) atoms. The molecule has 6 nitrogen and oxygen atoms in total. The first kappa shape index (κ1) is 20.7. The largest absolute Gasteiger partial charge is 0.347 e. The number of halogens is 2. The molecule has 1 aliphatic heterocycles. The number of hydrogen-bond acceptors (Lipinski definition) is 3. The zero-order valence-electron chi connectivity index (χ0n) is 15.3. The van der Waals surface area contributed by atoms with Gasteiger partial charge in [0.25, 0.3) is 5.91 Å². The molecule has 0 radical (unpaired) electrons. The van der Waals surface area contributed by atoms with E-state index in [1.165, 1.54) is 4.31 Å². The lowest BCUT2D eigenvalue weighted by molar-refractivity contribution is -0.889. The predicted molar refractivity (Wildman–Crippen MR) is 93.2 cm³/mol. The first-order valence-electron chi connectivity index (χ1n) is 8.59. The van der Waals surface area contributed by atoms with Crippen molar-refractivity contribution in [3.05, 3.63) is 29.8 Å². The van der Waals surface area contributed by atoms with Crippen LogP contribution in [0.25, 0.3) is 0 Å². The van der Waals surface area contributed by atoms with Gasteiger partial charge in [0.05, 0.1) is 19.6 Å². The van der Waals surface area contributed by atoms with Gasteiger partial charge in [0.15, 0.2) is 6.54 Å². The van der Waals surface area contributed by atoms with Crippen LogP contribution in [0.3, 0.4) is 0 Å². The average Bonchev–Trinajstić information content (AvgIpc) is 2.73. The minimum absolute atomic E-state index is 0.0972. The third-order valence-corrected chi connectivity index (χ3v) is 6.00. The van der Waals surface area contributed by atoms with E-state index in [0.29, 0.717) is 25.6 Å². The highest BCUT2D eigenvalue weighted by atomic mass is 32.2. The Morgan fingerprint density at radius 1 is 1.23 bits per heavy atom. The molecule has 0 spiro atoms. The van der Waals surface area contributed by atoms with Gasteiger partial charge in [0, 0.05) is 18.5 Å². The van der Waals surface area contributed by atoms with Gasteiger partial charge in [-0.15, -0.1) is 0 Å². The second-order valence-electron chi connectivity index (χ2n) is 7.56. The van der Waals surface area contributed by atoms with E-state index in [0.717, 1.165) is 17.0 Å². The third-order valence-electron chi connectivity index (χ3n) is 4.09. The Morgan fingerprint density at radius 2 is 1.92 bits per heavy atom. The number of amides is 1. The van der Waals surface area contributed by atoms with Crippen molar-refractivity contribution >= 4 is 15.9 Å². The van der Waals surface area contributed by atoms with Crippen molar-refractivity contribution in [2.45, 2.75) is 37.6 Å². The van der Waals surface area contributed by atoms with Crippen LogP contribution in [-0.4, -0.2) is 56.9 Å². The van der Waals surface area contributed by atoms with Gasteiger partial charge in [-0.1, -0.05) is 0 Å². The summed E-state index contributed by atoms with van der Waals surface area (Å²) in [6, 6.07) is 2.40. The van der Waals surface area contributed by atoms with Crippen molar-refractivity contribution in [3.63, 3.8) is 0 Å². The summed E-state index contributed by atoms with van der Waals surface area (Å²) in [6.07, 6.45) is 0.536. The summed E-state index contributed by atoms with van der Waals surface area (Å²) in [5.41, 5.74) is -0.327. The molecule has 0 bridgehead atoms. The number of rotatable bonds is 4. The number of nitrogens with zero attached hydrogens (tertiary/aromatic N) is 1. The van der Waals surface area contributed by atoms with Gasteiger partial charge >= 0.3 is 0 Å². The third kappa shape index (κ3) is 5.46. The number of carbonyl (C=O) groups excluding carboxylic acids is 1. The van der Waals surface area contributed by atoms with E-state index in [2.05, 4.69) is 5.32 Å². The molecule has 9 heteroatoms. The van der Waals surface area contributed by atoms with Crippen LogP contribution in [-0.2, 0) is 14.8 Å². The van der Waals surface area contributed by atoms with Crippen LogP contribution < -0.4 is 10.2 Å². The molecule has 1 fully saturated rings. The fourth-order valence-electron chi connectivity index (χ4n) is 2.95. The van der Waals surface area contributed by atoms with Crippen molar-refractivity contribution in [2.24, 2.45) is 0 Å². The van der Waals surface area contributed by atoms with E-state index in [1.54, 1.807) is 0 Å². The Bertz CT molecular complexity index is 763. The van der Waals surface area contributed by atoms with Gasteiger partial charge < -0.3 is 10.2 Å². The van der Waals surface area contributed by atoms with Crippen LogP contribution in [0, 0.1) is 11.6 Å². The number of benzene rings is 1. The van der Waals surface area contributed by atoms with E-state index in [1.807, 2.05) is 20.8 Å². The summed E-state index contributed by atoms with van der Waals surface area (Å²) in [7, 11) is -4.11. The van der Waals surface area contributed by atoms with Gasteiger partial charge in [-0.3, -0.25) is 4.79 Å². The molecule has 1 atom stereocenters. The van der Waals surface area contributed by atoms with Crippen molar-refractivity contribution in [1.82, 2.24) is 9.62 Å². The van der Waals surface area contributed by atoms with E-state index in [4.69, 9.17) is 0 Å². The van der Waals surface area contributed by atoms with Crippen LogP contribution >= 0.6 is 0 Å². The van der Waals surface area contributed by atoms with Crippen LogP contribution in [0.15, 0.2) is 23.1 Å². The van der Waals surface area contributed by atoms with Crippen LogP contribution in [0.1, 0.15) is 27.2 Å². The molecule has 1 heterocycles. The van der Waals surface area contributed by atoms with Gasteiger partial charge in [-0.05, 0) is 39.0 Å². The summed E-state index contributed by atoms with van der Waals surface area (Å²) in [5.74, 6) is -1.87. The minimum Gasteiger partial charge on any atom is -0.347 e. The molecule has 1 amide bonds. The van der Waals surface area contributed by atoms with Crippen molar-refractivity contribution in [1.29, 1.82) is 0 Å². The lowest BCUT2D eigenvalue weighted by Gasteiger charge is -2.23. The molecule has 1 aromatic rings. The van der Waals surface area contributed by atoms with Crippen LogP contribution in [0.5, 0.6) is 0 Å². The number of sulfonamides is 1. The maximum absolute atomic E-state index is 13.9. The highest BCUT2D eigenvalue weighted by Gasteiger charge is 2.31. The lowest BCUT2D eigenvalue weighted by Crippen LogP contribution is -3.13.